The Hall–Kier alpha value is -1.63. The summed E-state index contributed by atoms with van der Waals surface area (Å²) in [4.78, 5) is 21.0. The first-order chi connectivity index (χ1) is 8.04. The third-order valence-corrected chi connectivity index (χ3v) is 2.40. The lowest BCUT2D eigenvalue weighted by atomic mass is 10.3. The van der Waals surface area contributed by atoms with Crippen LogP contribution in [0.15, 0.2) is 22.7 Å². The smallest absolute Gasteiger partial charge is 0.312 e. The van der Waals surface area contributed by atoms with Crippen molar-refractivity contribution >= 4 is 27.6 Å². The molecule has 0 N–H and O–H groups in total. The molecule has 0 bridgehead atoms. The van der Waals surface area contributed by atoms with Gasteiger partial charge in [0.15, 0.2) is 5.75 Å². The normalized spacial score (nSPS) is 9.76. The lowest BCUT2D eigenvalue weighted by Crippen LogP contribution is -2.08. The zero-order valence-electron chi connectivity index (χ0n) is 9.01. The summed E-state index contributed by atoms with van der Waals surface area (Å²) in [6.07, 6.45) is 0.0454. The highest BCUT2D eigenvalue weighted by atomic mass is 79.9. The molecule has 0 saturated heterocycles. The van der Waals surface area contributed by atoms with Gasteiger partial charge in [-0.3, -0.25) is 14.9 Å². The first-order valence-electron chi connectivity index (χ1n) is 4.68. The number of halogens is 1. The molecule has 0 unspecified atom stereocenters. The van der Waals surface area contributed by atoms with Crippen LogP contribution in [-0.2, 0) is 9.53 Å². The van der Waals surface area contributed by atoms with Crippen molar-refractivity contribution in [1.82, 2.24) is 0 Å². The number of hydrogen-bond donors (Lipinski definition) is 0. The number of nitro groups is 1. The fraction of sp³-hybridized carbons (Fsp3) is 0.300. The molecule has 0 aliphatic rings. The van der Waals surface area contributed by atoms with Gasteiger partial charge in [0.05, 0.1) is 25.1 Å². The zero-order chi connectivity index (χ0) is 12.8. The minimum Gasteiger partial charge on any atom is -0.486 e. The van der Waals surface area contributed by atoms with E-state index in [0.717, 1.165) is 0 Å². The van der Waals surface area contributed by atoms with Gasteiger partial charge in [0.1, 0.15) is 0 Å². The second-order valence-corrected chi connectivity index (χ2v) is 3.96. The highest BCUT2D eigenvalue weighted by molar-refractivity contribution is 9.10. The van der Waals surface area contributed by atoms with E-state index in [0.29, 0.717) is 4.47 Å². The summed E-state index contributed by atoms with van der Waals surface area (Å²) in [5, 5.41) is 10.7. The van der Waals surface area contributed by atoms with E-state index in [4.69, 9.17) is 4.74 Å². The summed E-state index contributed by atoms with van der Waals surface area (Å²) < 4.78 is 10.2. The highest BCUT2D eigenvalue weighted by Gasteiger charge is 2.15. The summed E-state index contributed by atoms with van der Waals surface area (Å²) in [6, 6.07) is 4.44. The third-order valence-electron chi connectivity index (χ3n) is 1.91. The SMILES string of the molecule is COC(=O)CCOc1ccc(Br)cc1[N+](=O)[O-]. The molecule has 92 valence electrons. The maximum Gasteiger partial charge on any atom is 0.312 e. The van der Waals surface area contributed by atoms with Gasteiger partial charge >= 0.3 is 11.7 Å². The quantitative estimate of drug-likeness (QED) is 0.474. The van der Waals surface area contributed by atoms with E-state index in [1.165, 1.54) is 19.2 Å². The predicted molar refractivity (Wildman–Crippen MR) is 62.9 cm³/mol. The van der Waals surface area contributed by atoms with Gasteiger partial charge in [0, 0.05) is 10.5 Å². The Morgan fingerprint density at radius 3 is 2.82 bits per heavy atom. The average Bonchev–Trinajstić information content (AvgIpc) is 2.30. The summed E-state index contributed by atoms with van der Waals surface area (Å²) in [5.41, 5.74) is -0.149. The summed E-state index contributed by atoms with van der Waals surface area (Å²) in [5.74, 6) is -0.299. The van der Waals surface area contributed by atoms with Crippen LogP contribution in [0.2, 0.25) is 0 Å². The molecule has 0 fully saturated rings. The van der Waals surface area contributed by atoms with E-state index in [2.05, 4.69) is 20.7 Å². The largest absolute Gasteiger partial charge is 0.486 e. The van der Waals surface area contributed by atoms with Gasteiger partial charge < -0.3 is 9.47 Å². The Labute approximate surface area is 106 Å². The van der Waals surface area contributed by atoms with Gasteiger partial charge in [-0.1, -0.05) is 15.9 Å². The number of rotatable bonds is 5. The van der Waals surface area contributed by atoms with Crippen molar-refractivity contribution < 1.29 is 19.2 Å². The molecule has 0 spiro atoms. The van der Waals surface area contributed by atoms with Crippen LogP contribution in [0.25, 0.3) is 0 Å². The number of carbonyl (C=O) groups is 1. The van der Waals surface area contributed by atoms with Gasteiger partial charge in [0.2, 0.25) is 0 Å². The van der Waals surface area contributed by atoms with E-state index >= 15 is 0 Å². The van der Waals surface area contributed by atoms with Crippen molar-refractivity contribution in [2.45, 2.75) is 6.42 Å². The van der Waals surface area contributed by atoms with Crippen molar-refractivity contribution in [3.63, 3.8) is 0 Å². The van der Waals surface area contributed by atoms with Crippen LogP contribution < -0.4 is 4.74 Å². The van der Waals surface area contributed by atoms with Gasteiger partial charge in [0.25, 0.3) is 0 Å². The molecule has 17 heavy (non-hydrogen) atoms. The molecule has 7 heteroatoms. The highest BCUT2D eigenvalue weighted by Crippen LogP contribution is 2.30. The van der Waals surface area contributed by atoms with Crippen LogP contribution in [0.4, 0.5) is 5.69 Å². The molecule has 0 radical (unpaired) electrons. The number of esters is 1. The molecule has 0 amide bonds. The fourth-order valence-electron chi connectivity index (χ4n) is 1.10. The van der Waals surface area contributed by atoms with E-state index in [-0.39, 0.29) is 24.5 Å². The van der Waals surface area contributed by atoms with Crippen molar-refractivity contribution in [1.29, 1.82) is 0 Å². The first-order valence-corrected chi connectivity index (χ1v) is 5.47. The van der Waals surface area contributed by atoms with Gasteiger partial charge in [-0.25, -0.2) is 0 Å². The van der Waals surface area contributed by atoms with Crippen LogP contribution in [0, 0.1) is 10.1 Å². The Bertz CT molecular complexity index is 435. The number of ether oxygens (including phenoxy) is 2. The van der Waals surface area contributed by atoms with Crippen LogP contribution in [0.1, 0.15) is 6.42 Å². The molecular weight excluding hydrogens is 294 g/mol. The minimum atomic E-state index is -0.543. The number of carbonyl (C=O) groups excluding carboxylic acids is 1. The number of methoxy groups -OCH3 is 1. The zero-order valence-corrected chi connectivity index (χ0v) is 10.6. The van der Waals surface area contributed by atoms with Crippen molar-refractivity contribution in [2.24, 2.45) is 0 Å². The molecule has 1 rings (SSSR count). The molecule has 0 heterocycles. The lowest BCUT2D eigenvalue weighted by Gasteiger charge is -2.06. The number of nitrogens with zero attached hydrogens (tertiary/aromatic N) is 1. The van der Waals surface area contributed by atoms with E-state index in [9.17, 15) is 14.9 Å². The van der Waals surface area contributed by atoms with Crippen molar-refractivity contribution in [3.8, 4) is 5.75 Å². The Kier molecular flexibility index (Phi) is 4.89. The minimum absolute atomic E-state index is 0.0369. The summed E-state index contributed by atoms with van der Waals surface area (Å²) >= 11 is 3.13. The summed E-state index contributed by atoms with van der Waals surface area (Å²) in [6.45, 7) is 0.0369. The molecule has 0 atom stereocenters. The number of benzene rings is 1. The third kappa shape index (κ3) is 4.03. The van der Waals surface area contributed by atoms with Crippen LogP contribution in [-0.4, -0.2) is 24.6 Å². The predicted octanol–water partition coefficient (Wildman–Crippen LogP) is 2.30. The molecule has 0 aliphatic heterocycles. The summed E-state index contributed by atoms with van der Waals surface area (Å²) in [7, 11) is 1.27. The Morgan fingerprint density at radius 1 is 1.53 bits per heavy atom. The topological polar surface area (TPSA) is 78.7 Å². The second-order valence-electron chi connectivity index (χ2n) is 3.04. The second kappa shape index (κ2) is 6.19. The van der Waals surface area contributed by atoms with E-state index in [1.54, 1.807) is 6.07 Å². The van der Waals surface area contributed by atoms with Gasteiger partial charge in [-0.2, -0.15) is 0 Å². The van der Waals surface area contributed by atoms with Crippen LogP contribution in [0.3, 0.4) is 0 Å². The molecular formula is C10H10BrNO5. The molecule has 0 aromatic heterocycles. The average molecular weight is 304 g/mol. The monoisotopic (exact) mass is 303 g/mol. The number of nitro benzene ring substituents is 1. The molecule has 0 aliphatic carbocycles. The van der Waals surface area contributed by atoms with Gasteiger partial charge in [-0.05, 0) is 12.1 Å². The maximum atomic E-state index is 10.8. The molecule has 1 aromatic rings. The molecule has 0 saturated carbocycles. The number of hydrogen-bond acceptors (Lipinski definition) is 5. The Morgan fingerprint density at radius 2 is 2.24 bits per heavy atom. The molecule has 6 nitrogen and oxygen atoms in total. The van der Waals surface area contributed by atoms with Crippen molar-refractivity contribution in [3.05, 3.63) is 32.8 Å². The Balaban J connectivity index is 2.70. The van der Waals surface area contributed by atoms with Gasteiger partial charge in [-0.15, -0.1) is 0 Å². The molecule has 1 aromatic carbocycles. The van der Waals surface area contributed by atoms with Crippen LogP contribution in [0.5, 0.6) is 5.75 Å². The maximum absolute atomic E-state index is 10.8. The first kappa shape index (κ1) is 13.4. The fourth-order valence-corrected chi connectivity index (χ4v) is 1.45. The lowest BCUT2D eigenvalue weighted by molar-refractivity contribution is -0.385. The van der Waals surface area contributed by atoms with Crippen LogP contribution >= 0.6 is 15.9 Å². The van der Waals surface area contributed by atoms with Crippen molar-refractivity contribution in [2.75, 3.05) is 13.7 Å². The standard InChI is InChI=1S/C10H10BrNO5/c1-16-10(13)4-5-17-9-3-2-7(11)6-8(9)12(14)15/h2-3,6H,4-5H2,1H3. The van der Waals surface area contributed by atoms with E-state index < -0.39 is 10.9 Å². The van der Waals surface area contributed by atoms with E-state index in [1.807, 2.05) is 0 Å².